The molecule has 3 aromatic carbocycles. The van der Waals surface area contributed by atoms with Crippen molar-refractivity contribution in [1.82, 2.24) is 14.5 Å². The lowest BCUT2D eigenvalue weighted by Crippen LogP contribution is -2.23. The summed E-state index contributed by atoms with van der Waals surface area (Å²) >= 11 is 1.13. The lowest BCUT2D eigenvalue weighted by Gasteiger charge is -2.15. The zero-order valence-electron chi connectivity index (χ0n) is 18.6. The molecule has 0 atom stereocenters. The standard InChI is InChI=1S/C26H21FN4O2S/c1-15-11-12-16(2)21(13-15)31-25(33)24-23(17-7-3-5-9-19(17)29-24)30-26(31)34-14-22(32)28-20-10-6-4-8-18(20)27/h3-13,29H,14H2,1-2H3,(H,28,32). The molecule has 34 heavy (non-hydrogen) atoms. The van der Waals surface area contributed by atoms with Gasteiger partial charge in [0.25, 0.3) is 5.56 Å². The van der Waals surface area contributed by atoms with Gasteiger partial charge >= 0.3 is 0 Å². The van der Waals surface area contributed by atoms with E-state index in [1.807, 2.05) is 56.3 Å². The molecular weight excluding hydrogens is 451 g/mol. The lowest BCUT2D eigenvalue weighted by molar-refractivity contribution is -0.113. The van der Waals surface area contributed by atoms with Crippen LogP contribution in [0.3, 0.4) is 0 Å². The molecule has 5 rings (SSSR count). The molecule has 6 nitrogen and oxygen atoms in total. The number of hydrogen-bond donors (Lipinski definition) is 2. The van der Waals surface area contributed by atoms with Gasteiger partial charge < -0.3 is 10.3 Å². The molecule has 0 saturated carbocycles. The minimum Gasteiger partial charge on any atom is -0.349 e. The van der Waals surface area contributed by atoms with Gasteiger partial charge in [-0.1, -0.05) is 54.2 Å². The molecule has 0 bridgehead atoms. The van der Waals surface area contributed by atoms with Crippen LogP contribution in [0.1, 0.15) is 11.1 Å². The number of thioether (sulfide) groups is 1. The van der Waals surface area contributed by atoms with Crippen molar-refractivity contribution < 1.29 is 9.18 Å². The summed E-state index contributed by atoms with van der Waals surface area (Å²) < 4.78 is 15.5. The summed E-state index contributed by atoms with van der Waals surface area (Å²) in [6.07, 6.45) is 0. The van der Waals surface area contributed by atoms with E-state index in [0.717, 1.165) is 33.8 Å². The molecule has 1 amide bonds. The molecule has 2 N–H and O–H groups in total. The first-order valence-electron chi connectivity index (χ1n) is 10.7. The molecule has 170 valence electrons. The van der Waals surface area contributed by atoms with Gasteiger partial charge in [-0.15, -0.1) is 0 Å². The topological polar surface area (TPSA) is 79.8 Å². The van der Waals surface area contributed by atoms with E-state index in [2.05, 4.69) is 10.3 Å². The van der Waals surface area contributed by atoms with E-state index < -0.39 is 11.7 Å². The average Bonchev–Trinajstić information content (AvgIpc) is 3.20. The molecule has 0 aliphatic heterocycles. The Bertz CT molecular complexity index is 1620. The number of halogens is 1. The van der Waals surface area contributed by atoms with Gasteiger partial charge in [0.2, 0.25) is 5.91 Å². The van der Waals surface area contributed by atoms with Crippen molar-refractivity contribution in [2.24, 2.45) is 0 Å². The molecule has 5 aromatic rings. The van der Waals surface area contributed by atoms with Crippen LogP contribution in [0.2, 0.25) is 0 Å². The van der Waals surface area contributed by atoms with Crippen molar-refractivity contribution in [3.63, 3.8) is 0 Å². The number of nitrogens with zero attached hydrogens (tertiary/aromatic N) is 2. The van der Waals surface area contributed by atoms with Crippen LogP contribution in [0.5, 0.6) is 0 Å². The van der Waals surface area contributed by atoms with Crippen LogP contribution >= 0.6 is 11.8 Å². The van der Waals surface area contributed by atoms with E-state index in [4.69, 9.17) is 4.98 Å². The third kappa shape index (κ3) is 3.97. The average molecular weight is 473 g/mol. The van der Waals surface area contributed by atoms with Gasteiger partial charge in [-0.2, -0.15) is 0 Å². The highest BCUT2D eigenvalue weighted by Crippen LogP contribution is 2.28. The predicted molar refractivity (Wildman–Crippen MR) is 134 cm³/mol. The second kappa shape index (κ2) is 8.79. The number of nitrogens with one attached hydrogen (secondary N) is 2. The van der Waals surface area contributed by atoms with E-state index in [9.17, 15) is 14.0 Å². The lowest BCUT2D eigenvalue weighted by atomic mass is 10.1. The van der Waals surface area contributed by atoms with E-state index in [0.29, 0.717) is 21.9 Å². The molecule has 2 aromatic heterocycles. The van der Waals surface area contributed by atoms with Gasteiger partial charge in [0.05, 0.1) is 17.1 Å². The highest BCUT2D eigenvalue weighted by molar-refractivity contribution is 7.99. The quantitative estimate of drug-likeness (QED) is 0.267. The van der Waals surface area contributed by atoms with Gasteiger partial charge in [-0.25, -0.2) is 9.37 Å². The summed E-state index contributed by atoms with van der Waals surface area (Å²) in [7, 11) is 0. The minimum absolute atomic E-state index is 0.0422. The minimum atomic E-state index is -0.508. The van der Waals surface area contributed by atoms with Crippen LogP contribution in [-0.2, 0) is 4.79 Å². The fourth-order valence-corrected chi connectivity index (χ4v) is 4.69. The summed E-state index contributed by atoms with van der Waals surface area (Å²) in [5, 5.41) is 3.80. The van der Waals surface area contributed by atoms with Gasteiger partial charge in [0.15, 0.2) is 5.16 Å². The normalized spacial score (nSPS) is 11.3. The number of amides is 1. The SMILES string of the molecule is Cc1ccc(C)c(-n2c(SCC(=O)Nc3ccccc3F)nc3c([nH]c4ccccc43)c2=O)c1. The van der Waals surface area contributed by atoms with E-state index in [-0.39, 0.29) is 17.0 Å². The van der Waals surface area contributed by atoms with Crippen LogP contribution in [0.4, 0.5) is 10.1 Å². The number of hydrogen-bond acceptors (Lipinski definition) is 4. The van der Waals surface area contributed by atoms with E-state index >= 15 is 0 Å². The Morgan fingerprint density at radius 2 is 1.85 bits per heavy atom. The van der Waals surface area contributed by atoms with Gasteiger partial charge in [0, 0.05) is 10.9 Å². The highest BCUT2D eigenvalue weighted by Gasteiger charge is 2.19. The number of H-pyrrole nitrogens is 1. The molecule has 2 heterocycles. The fourth-order valence-electron chi connectivity index (χ4n) is 3.89. The third-order valence-electron chi connectivity index (χ3n) is 5.58. The Morgan fingerprint density at radius 1 is 1.09 bits per heavy atom. The van der Waals surface area contributed by atoms with Crippen LogP contribution in [-0.4, -0.2) is 26.2 Å². The summed E-state index contributed by atoms with van der Waals surface area (Å²) in [6.45, 7) is 3.88. The molecular formula is C26H21FN4O2S. The Hall–Kier alpha value is -3.91. The zero-order chi connectivity index (χ0) is 23.8. The first-order chi connectivity index (χ1) is 16.4. The number of para-hydroxylation sites is 2. The third-order valence-corrected chi connectivity index (χ3v) is 6.52. The van der Waals surface area contributed by atoms with Crippen molar-refractivity contribution in [1.29, 1.82) is 0 Å². The molecule has 0 spiro atoms. The number of carbonyl (C=O) groups excluding carboxylic acids is 1. The number of carbonyl (C=O) groups is 1. The van der Waals surface area contributed by atoms with Crippen molar-refractivity contribution in [3.05, 3.63) is 94.0 Å². The monoisotopic (exact) mass is 472 g/mol. The maximum Gasteiger partial charge on any atom is 0.283 e. The van der Waals surface area contributed by atoms with Crippen LogP contribution in [0.15, 0.2) is 76.7 Å². The first kappa shape index (κ1) is 21.9. The largest absolute Gasteiger partial charge is 0.349 e. The Balaban J connectivity index is 1.61. The second-order valence-corrected chi connectivity index (χ2v) is 8.98. The van der Waals surface area contributed by atoms with Gasteiger partial charge in [-0.3, -0.25) is 14.2 Å². The number of aromatic amines is 1. The Kier molecular flexibility index (Phi) is 5.67. The molecule has 8 heteroatoms. The summed E-state index contributed by atoms with van der Waals surface area (Å²) in [5.74, 6) is -0.943. The van der Waals surface area contributed by atoms with E-state index in [1.54, 1.807) is 16.7 Å². The molecule has 0 saturated heterocycles. The Labute approximate surface area is 198 Å². The first-order valence-corrected chi connectivity index (χ1v) is 11.7. The van der Waals surface area contributed by atoms with Gasteiger partial charge in [-0.05, 0) is 49.2 Å². The number of aryl methyl sites for hydroxylation is 2. The number of benzene rings is 3. The van der Waals surface area contributed by atoms with Crippen molar-refractivity contribution in [3.8, 4) is 5.69 Å². The maximum absolute atomic E-state index is 13.9. The number of fused-ring (bicyclic) bond motifs is 3. The van der Waals surface area contributed by atoms with Gasteiger partial charge in [0.1, 0.15) is 16.9 Å². The number of rotatable bonds is 5. The summed E-state index contributed by atoms with van der Waals surface area (Å²) in [6, 6.07) is 19.4. The van der Waals surface area contributed by atoms with Crippen LogP contribution in [0.25, 0.3) is 27.6 Å². The molecule has 0 radical (unpaired) electrons. The van der Waals surface area contributed by atoms with Crippen molar-refractivity contribution >= 4 is 45.3 Å². The fraction of sp³-hybridized carbons (Fsp3) is 0.115. The molecule has 0 aliphatic rings. The summed E-state index contributed by atoms with van der Waals surface area (Å²) in [4.78, 5) is 34.3. The van der Waals surface area contributed by atoms with Crippen molar-refractivity contribution in [2.45, 2.75) is 19.0 Å². The van der Waals surface area contributed by atoms with E-state index in [1.165, 1.54) is 12.1 Å². The molecule has 0 fully saturated rings. The molecule has 0 unspecified atom stereocenters. The predicted octanol–water partition coefficient (Wildman–Crippen LogP) is 5.35. The Morgan fingerprint density at radius 3 is 2.68 bits per heavy atom. The van der Waals surface area contributed by atoms with Crippen LogP contribution in [0, 0.1) is 19.7 Å². The van der Waals surface area contributed by atoms with Crippen LogP contribution < -0.4 is 10.9 Å². The summed E-state index contributed by atoms with van der Waals surface area (Å²) in [5.41, 5.74) is 4.25. The number of anilines is 1. The highest BCUT2D eigenvalue weighted by atomic mass is 32.2. The zero-order valence-corrected chi connectivity index (χ0v) is 19.4. The number of aromatic nitrogens is 3. The maximum atomic E-state index is 13.9. The van der Waals surface area contributed by atoms with Crippen molar-refractivity contribution in [2.75, 3.05) is 11.1 Å². The smallest absolute Gasteiger partial charge is 0.283 e. The second-order valence-electron chi connectivity index (χ2n) is 8.04. The molecule has 0 aliphatic carbocycles.